The van der Waals surface area contributed by atoms with E-state index in [9.17, 15) is 0 Å². The molecule has 0 bridgehead atoms. The fraction of sp³-hybridized carbons (Fsp3) is 0.714. The van der Waals surface area contributed by atoms with Crippen molar-refractivity contribution in [1.82, 2.24) is 25.3 Å². The standard InChI is InChI=1S/C14H21N5O/c1-14(2,3)10-6-4-9(5-7-10)13-17-12(19-20-13)11-15-8-16-18-11/h8-10H,4-7H2,1-3H3,(H,15,16,18). The van der Waals surface area contributed by atoms with Crippen LogP contribution in [0.1, 0.15) is 58.3 Å². The third-order valence-electron chi connectivity index (χ3n) is 4.37. The number of rotatable bonds is 2. The summed E-state index contributed by atoms with van der Waals surface area (Å²) in [6, 6.07) is 0. The van der Waals surface area contributed by atoms with Crippen LogP contribution in [0.2, 0.25) is 0 Å². The van der Waals surface area contributed by atoms with Gasteiger partial charge >= 0.3 is 0 Å². The van der Waals surface area contributed by atoms with Gasteiger partial charge in [0.05, 0.1) is 0 Å². The van der Waals surface area contributed by atoms with Gasteiger partial charge < -0.3 is 4.52 Å². The molecule has 0 aromatic carbocycles. The second-order valence-corrected chi connectivity index (χ2v) is 6.70. The van der Waals surface area contributed by atoms with Crippen molar-refractivity contribution in [3.8, 4) is 11.6 Å². The molecule has 6 nitrogen and oxygen atoms in total. The highest BCUT2D eigenvalue weighted by molar-refractivity contribution is 5.39. The summed E-state index contributed by atoms with van der Waals surface area (Å²) in [6.45, 7) is 6.98. The van der Waals surface area contributed by atoms with Crippen LogP contribution in [0.4, 0.5) is 0 Å². The Labute approximate surface area is 118 Å². The normalized spacial score (nSPS) is 23.9. The average Bonchev–Trinajstić information content (AvgIpc) is 3.09. The Kier molecular flexibility index (Phi) is 3.31. The molecule has 1 saturated carbocycles. The molecule has 20 heavy (non-hydrogen) atoms. The summed E-state index contributed by atoms with van der Waals surface area (Å²) < 4.78 is 5.40. The number of nitrogens with one attached hydrogen (secondary N) is 1. The van der Waals surface area contributed by atoms with Gasteiger partial charge in [-0.3, -0.25) is 5.10 Å². The van der Waals surface area contributed by atoms with E-state index in [0.717, 1.165) is 24.7 Å². The molecular formula is C14H21N5O. The van der Waals surface area contributed by atoms with E-state index >= 15 is 0 Å². The zero-order valence-electron chi connectivity index (χ0n) is 12.3. The van der Waals surface area contributed by atoms with Crippen LogP contribution in [-0.4, -0.2) is 25.3 Å². The minimum Gasteiger partial charge on any atom is -0.339 e. The lowest BCUT2D eigenvalue weighted by Gasteiger charge is -2.35. The van der Waals surface area contributed by atoms with Crippen molar-refractivity contribution in [2.45, 2.75) is 52.4 Å². The van der Waals surface area contributed by atoms with Crippen LogP contribution in [0.25, 0.3) is 11.6 Å². The first kappa shape index (κ1) is 13.3. The van der Waals surface area contributed by atoms with E-state index in [1.807, 2.05) is 0 Å². The van der Waals surface area contributed by atoms with Crippen molar-refractivity contribution in [3.05, 3.63) is 12.2 Å². The van der Waals surface area contributed by atoms with E-state index in [2.05, 4.69) is 46.1 Å². The summed E-state index contributed by atoms with van der Waals surface area (Å²) in [4.78, 5) is 8.49. The van der Waals surface area contributed by atoms with Crippen LogP contribution < -0.4 is 0 Å². The monoisotopic (exact) mass is 275 g/mol. The highest BCUT2D eigenvalue weighted by atomic mass is 16.5. The van der Waals surface area contributed by atoms with Crippen LogP contribution >= 0.6 is 0 Å². The topological polar surface area (TPSA) is 80.5 Å². The second-order valence-electron chi connectivity index (χ2n) is 6.70. The first-order chi connectivity index (χ1) is 9.54. The predicted molar refractivity (Wildman–Crippen MR) is 73.8 cm³/mol. The average molecular weight is 275 g/mol. The van der Waals surface area contributed by atoms with E-state index in [4.69, 9.17) is 4.52 Å². The van der Waals surface area contributed by atoms with Crippen LogP contribution in [0.3, 0.4) is 0 Å². The summed E-state index contributed by atoms with van der Waals surface area (Å²) in [5.41, 5.74) is 0.394. The molecule has 1 fully saturated rings. The molecular weight excluding hydrogens is 254 g/mol. The third-order valence-corrected chi connectivity index (χ3v) is 4.37. The van der Waals surface area contributed by atoms with Crippen LogP contribution in [-0.2, 0) is 0 Å². The zero-order valence-corrected chi connectivity index (χ0v) is 12.3. The SMILES string of the molecule is CC(C)(C)C1CCC(c2nc(-c3ncn[nH]3)no2)CC1. The van der Waals surface area contributed by atoms with Gasteiger partial charge in [-0.25, -0.2) is 4.98 Å². The van der Waals surface area contributed by atoms with Gasteiger partial charge in [-0.05, 0) is 37.0 Å². The molecule has 0 amide bonds. The summed E-state index contributed by atoms with van der Waals surface area (Å²) in [6.07, 6.45) is 6.15. The maximum absolute atomic E-state index is 5.40. The Morgan fingerprint density at radius 2 is 1.95 bits per heavy atom. The second kappa shape index (κ2) is 5.00. The smallest absolute Gasteiger partial charge is 0.239 e. The van der Waals surface area contributed by atoms with Gasteiger partial charge in [-0.15, -0.1) is 0 Å². The van der Waals surface area contributed by atoms with Crippen molar-refractivity contribution >= 4 is 0 Å². The maximum atomic E-state index is 5.40. The van der Waals surface area contributed by atoms with Crippen molar-refractivity contribution in [2.24, 2.45) is 11.3 Å². The predicted octanol–water partition coefficient (Wildman–Crippen LogP) is 3.17. The van der Waals surface area contributed by atoms with Crippen molar-refractivity contribution in [3.63, 3.8) is 0 Å². The van der Waals surface area contributed by atoms with Crippen LogP contribution in [0.5, 0.6) is 0 Å². The number of aromatic nitrogens is 5. The van der Waals surface area contributed by atoms with Crippen molar-refractivity contribution in [1.29, 1.82) is 0 Å². The Morgan fingerprint density at radius 3 is 2.55 bits per heavy atom. The number of aromatic amines is 1. The Hall–Kier alpha value is -1.72. The molecule has 0 unspecified atom stereocenters. The largest absolute Gasteiger partial charge is 0.339 e. The molecule has 2 aromatic rings. The van der Waals surface area contributed by atoms with E-state index in [0.29, 0.717) is 23.0 Å². The molecule has 0 saturated heterocycles. The first-order valence-corrected chi connectivity index (χ1v) is 7.23. The first-order valence-electron chi connectivity index (χ1n) is 7.23. The Morgan fingerprint density at radius 1 is 1.20 bits per heavy atom. The van der Waals surface area contributed by atoms with Crippen LogP contribution in [0, 0.1) is 11.3 Å². The quantitative estimate of drug-likeness (QED) is 0.910. The number of hydrogen-bond acceptors (Lipinski definition) is 5. The highest BCUT2D eigenvalue weighted by Gasteiger charge is 2.32. The lowest BCUT2D eigenvalue weighted by molar-refractivity contribution is 0.159. The molecule has 0 spiro atoms. The van der Waals surface area contributed by atoms with Crippen molar-refractivity contribution in [2.75, 3.05) is 0 Å². The van der Waals surface area contributed by atoms with Crippen molar-refractivity contribution < 1.29 is 4.52 Å². The van der Waals surface area contributed by atoms with E-state index in [1.165, 1.54) is 19.2 Å². The van der Waals surface area contributed by atoms with Gasteiger partial charge in [0.1, 0.15) is 6.33 Å². The lowest BCUT2D eigenvalue weighted by atomic mass is 9.70. The molecule has 108 valence electrons. The van der Waals surface area contributed by atoms with Gasteiger partial charge in [0.25, 0.3) is 0 Å². The summed E-state index contributed by atoms with van der Waals surface area (Å²) in [5, 5.41) is 10.5. The third kappa shape index (κ3) is 2.59. The number of hydrogen-bond donors (Lipinski definition) is 1. The lowest BCUT2D eigenvalue weighted by Crippen LogP contribution is -2.25. The maximum Gasteiger partial charge on any atom is 0.239 e. The van der Waals surface area contributed by atoms with E-state index in [1.54, 1.807) is 0 Å². The van der Waals surface area contributed by atoms with E-state index in [-0.39, 0.29) is 0 Å². The molecule has 1 aliphatic rings. The molecule has 3 rings (SSSR count). The molecule has 0 atom stereocenters. The summed E-state index contributed by atoms with van der Waals surface area (Å²) in [7, 11) is 0. The highest BCUT2D eigenvalue weighted by Crippen LogP contribution is 2.42. The van der Waals surface area contributed by atoms with Crippen LogP contribution in [0.15, 0.2) is 10.9 Å². The summed E-state index contributed by atoms with van der Waals surface area (Å²) >= 11 is 0. The van der Waals surface area contributed by atoms with Gasteiger partial charge in [0.15, 0.2) is 5.82 Å². The number of H-pyrrole nitrogens is 1. The molecule has 2 heterocycles. The fourth-order valence-electron chi connectivity index (χ4n) is 3.02. The van der Waals surface area contributed by atoms with Gasteiger partial charge in [-0.2, -0.15) is 10.1 Å². The van der Waals surface area contributed by atoms with Gasteiger partial charge in [0.2, 0.25) is 11.7 Å². The molecule has 1 N–H and O–H groups in total. The fourth-order valence-corrected chi connectivity index (χ4v) is 3.02. The molecule has 0 radical (unpaired) electrons. The van der Waals surface area contributed by atoms with Gasteiger partial charge in [-0.1, -0.05) is 25.9 Å². The molecule has 1 aliphatic carbocycles. The zero-order chi connectivity index (χ0) is 14.2. The van der Waals surface area contributed by atoms with E-state index < -0.39 is 0 Å². The molecule has 6 heteroatoms. The Bertz CT molecular complexity index is 546. The minimum absolute atomic E-state index is 0.387. The van der Waals surface area contributed by atoms with Gasteiger partial charge in [0, 0.05) is 5.92 Å². The molecule has 2 aromatic heterocycles. The summed E-state index contributed by atoms with van der Waals surface area (Å²) in [5.74, 6) is 2.97. The minimum atomic E-state index is 0.387. The number of nitrogens with zero attached hydrogens (tertiary/aromatic N) is 4. The Balaban J connectivity index is 1.67. The molecule has 0 aliphatic heterocycles.